The fraction of sp³-hybridized carbons (Fsp3) is 0.500. The van der Waals surface area contributed by atoms with Gasteiger partial charge in [0.05, 0.1) is 0 Å². The summed E-state index contributed by atoms with van der Waals surface area (Å²) in [4.78, 5) is 0. The first-order valence-electron chi connectivity index (χ1n) is 3.23. The van der Waals surface area contributed by atoms with E-state index in [1.54, 1.807) is 0 Å². The lowest BCUT2D eigenvalue weighted by atomic mass is 10.3. The highest BCUT2D eigenvalue weighted by atomic mass is 13.7. The van der Waals surface area contributed by atoms with Crippen LogP contribution in [0.15, 0.2) is 24.3 Å². The second kappa shape index (κ2) is 6.48. The summed E-state index contributed by atoms with van der Waals surface area (Å²) >= 11 is 0. The molecule has 0 saturated carbocycles. The number of rotatable bonds is 3. The molecule has 46 valence electrons. The third-order valence-corrected chi connectivity index (χ3v) is 0.855. The van der Waals surface area contributed by atoms with Gasteiger partial charge in [-0.25, -0.2) is 0 Å². The van der Waals surface area contributed by atoms with Gasteiger partial charge in [0.25, 0.3) is 0 Å². The van der Waals surface area contributed by atoms with Gasteiger partial charge < -0.3 is 0 Å². The van der Waals surface area contributed by atoms with Crippen molar-refractivity contribution in [3.63, 3.8) is 0 Å². The molecular formula is C8H14. The molecule has 0 fully saturated rings. The molecule has 0 saturated heterocycles. The van der Waals surface area contributed by atoms with Crippen LogP contribution in [0.1, 0.15) is 26.7 Å². The Balaban J connectivity index is 3.13. The smallest absolute Gasteiger partial charge is 0.0376 e. The maximum atomic E-state index is 2.14. The van der Waals surface area contributed by atoms with E-state index < -0.39 is 0 Å². The minimum Gasteiger partial charge on any atom is -0.0848 e. The van der Waals surface area contributed by atoms with Crippen LogP contribution in [0, 0.1) is 0 Å². The van der Waals surface area contributed by atoms with Gasteiger partial charge in [0.15, 0.2) is 0 Å². The molecule has 0 amide bonds. The Morgan fingerprint density at radius 3 is 1.50 bits per heavy atom. The average molecular weight is 110 g/mol. The fourth-order valence-electron chi connectivity index (χ4n) is 0.429. The van der Waals surface area contributed by atoms with Gasteiger partial charge in [0.1, 0.15) is 0 Å². The zero-order valence-corrected chi connectivity index (χ0v) is 5.72. The average Bonchev–Trinajstić information content (AvgIpc) is 1.81. The van der Waals surface area contributed by atoms with E-state index in [2.05, 4.69) is 38.2 Å². The summed E-state index contributed by atoms with van der Waals surface area (Å²) in [5, 5.41) is 0. The molecule has 0 aliphatic carbocycles. The SMILES string of the molecule is CC/C=C\C=C/CC. The second-order valence-electron chi connectivity index (χ2n) is 1.67. The van der Waals surface area contributed by atoms with Crippen molar-refractivity contribution in [2.24, 2.45) is 0 Å². The summed E-state index contributed by atoms with van der Waals surface area (Å²) in [6.07, 6.45) is 10.7. The number of allylic oxidation sites excluding steroid dienone is 4. The maximum absolute atomic E-state index is 2.14. The van der Waals surface area contributed by atoms with Crippen LogP contribution in [-0.2, 0) is 0 Å². The molecule has 0 atom stereocenters. The predicted octanol–water partition coefficient (Wildman–Crippen LogP) is 2.92. The summed E-state index contributed by atoms with van der Waals surface area (Å²) in [6, 6.07) is 0. The largest absolute Gasteiger partial charge is 0.0848 e. The Morgan fingerprint density at radius 1 is 0.875 bits per heavy atom. The van der Waals surface area contributed by atoms with Crippen LogP contribution in [-0.4, -0.2) is 0 Å². The molecule has 0 rings (SSSR count). The van der Waals surface area contributed by atoms with Crippen molar-refractivity contribution in [2.45, 2.75) is 26.7 Å². The van der Waals surface area contributed by atoms with E-state index in [1.165, 1.54) is 0 Å². The van der Waals surface area contributed by atoms with E-state index in [4.69, 9.17) is 0 Å². The zero-order chi connectivity index (χ0) is 6.24. The first-order chi connectivity index (χ1) is 3.91. The third kappa shape index (κ3) is 5.48. The van der Waals surface area contributed by atoms with Crippen LogP contribution >= 0.6 is 0 Å². The summed E-state index contributed by atoms with van der Waals surface area (Å²) in [6.45, 7) is 4.27. The molecule has 8 heavy (non-hydrogen) atoms. The van der Waals surface area contributed by atoms with Crippen molar-refractivity contribution in [1.82, 2.24) is 0 Å². The van der Waals surface area contributed by atoms with Crippen molar-refractivity contribution in [3.8, 4) is 0 Å². The summed E-state index contributed by atoms with van der Waals surface area (Å²) in [5.74, 6) is 0. The Hall–Kier alpha value is -0.520. The van der Waals surface area contributed by atoms with Gasteiger partial charge in [0, 0.05) is 0 Å². The zero-order valence-electron chi connectivity index (χ0n) is 5.72. The summed E-state index contributed by atoms with van der Waals surface area (Å²) in [7, 11) is 0. The molecule has 0 radical (unpaired) electrons. The molecular weight excluding hydrogens is 96.1 g/mol. The lowest BCUT2D eigenvalue weighted by molar-refractivity contribution is 1.21. The molecule has 0 bridgehead atoms. The lowest BCUT2D eigenvalue weighted by Crippen LogP contribution is -1.52. The highest BCUT2D eigenvalue weighted by Gasteiger charge is 1.61. The molecule has 0 aliphatic heterocycles. The van der Waals surface area contributed by atoms with Crippen LogP contribution in [0.25, 0.3) is 0 Å². The molecule has 0 unspecified atom stereocenters. The Morgan fingerprint density at radius 2 is 1.25 bits per heavy atom. The first-order valence-corrected chi connectivity index (χ1v) is 3.23. The number of hydrogen-bond donors (Lipinski definition) is 0. The van der Waals surface area contributed by atoms with Crippen molar-refractivity contribution < 1.29 is 0 Å². The Kier molecular flexibility index (Phi) is 6.06. The molecule has 0 aromatic heterocycles. The minimum absolute atomic E-state index is 1.13. The van der Waals surface area contributed by atoms with Gasteiger partial charge in [-0.1, -0.05) is 38.2 Å². The van der Waals surface area contributed by atoms with Crippen LogP contribution in [0.3, 0.4) is 0 Å². The lowest BCUT2D eigenvalue weighted by Gasteiger charge is -1.74. The van der Waals surface area contributed by atoms with E-state index in [9.17, 15) is 0 Å². The molecule has 0 heteroatoms. The van der Waals surface area contributed by atoms with Gasteiger partial charge >= 0.3 is 0 Å². The normalized spacial score (nSPS) is 11.8. The van der Waals surface area contributed by atoms with Crippen LogP contribution in [0.5, 0.6) is 0 Å². The van der Waals surface area contributed by atoms with Gasteiger partial charge in [-0.2, -0.15) is 0 Å². The van der Waals surface area contributed by atoms with Crippen LogP contribution < -0.4 is 0 Å². The van der Waals surface area contributed by atoms with Gasteiger partial charge in [-0.15, -0.1) is 0 Å². The minimum atomic E-state index is 1.13. The fourth-order valence-corrected chi connectivity index (χ4v) is 0.429. The van der Waals surface area contributed by atoms with Gasteiger partial charge in [-0.3, -0.25) is 0 Å². The van der Waals surface area contributed by atoms with Gasteiger partial charge in [0.2, 0.25) is 0 Å². The quantitative estimate of drug-likeness (QED) is 0.490. The van der Waals surface area contributed by atoms with E-state index in [-0.39, 0.29) is 0 Å². The predicted molar refractivity (Wildman–Crippen MR) is 38.9 cm³/mol. The number of hydrogen-bond acceptors (Lipinski definition) is 0. The van der Waals surface area contributed by atoms with E-state index >= 15 is 0 Å². The molecule has 0 N–H and O–H groups in total. The maximum Gasteiger partial charge on any atom is -0.0376 e. The molecule has 0 aromatic carbocycles. The molecule has 0 nitrogen and oxygen atoms in total. The monoisotopic (exact) mass is 110 g/mol. The Bertz CT molecular complexity index is 66.0. The standard InChI is InChI=1S/C8H14/c1-3-5-7-8-6-4-2/h5-8H,3-4H2,1-2H3/b7-5-,8-6-. The Labute approximate surface area is 51.9 Å². The van der Waals surface area contributed by atoms with Crippen molar-refractivity contribution in [2.75, 3.05) is 0 Å². The highest BCUT2D eigenvalue weighted by Crippen LogP contribution is 1.83. The summed E-state index contributed by atoms with van der Waals surface area (Å²) < 4.78 is 0. The second-order valence-corrected chi connectivity index (χ2v) is 1.67. The van der Waals surface area contributed by atoms with E-state index in [1.807, 2.05) is 0 Å². The van der Waals surface area contributed by atoms with Crippen molar-refractivity contribution >= 4 is 0 Å². The first kappa shape index (κ1) is 7.48. The van der Waals surface area contributed by atoms with Crippen molar-refractivity contribution in [1.29, 1.82) is 0 Å². The summed E-state index contributed by atoms with van der Waals surface area (Å²) in [5.41, 5.74) is 0. The third-order valence-electron chi connectivity index (χ3n) is 0.855. The van der Waals surface area contributed by atoms with Gasteiger partial charge in [-0.05, 0) is 12.8 Å². The van der Waals surface area contributed by atoms with Crippen molar-refractivity contribution in [3.05, 3.63) is 24.3 Å². The van der Waals surface area contributed by atoms with Crippen LogP contribution in [0.2, 0.25) is 0 Å². The molecule has 0 aliphatic rings. The molecule has 0 aromatic rings. The molecule has 0 heterocycles. The highest BCUT2D eigenvalue weighted by molar-refractivity contribution is 5.01. The van der Waals surface area contributed by atoms with E-state index in [0.717, 1.165) is 12.8 Å². The topological polar surface area (TPSA) is 0 Å². The molecule has 0 spiro atoms. The van der Waals surface area contributed by atoms with Crippen LogP contribution in [0.4, 0.5) is 0 Å². The van der Waals surface area contributed by atoms with E-state index in [0.29, 0.717) is 0 Å².